The van der Waals surface area contributed by atoms with E-state index in [0.29, 0.717) is 35.1 Å². The molecule has 4 rings (SSSR count). The average Bonchev–Trinajstić information content (AvgIpc) is 2.80. The van der Waals surface area contributed by atoms with Gasteiger partial charge >= 0.3 is 5.97 Å². The smallest absolute Gasteiger partial charge is 0.341 e. The fourth-order valence-electron chi connectivity index (χ4n) is 3.83. The topological polar surface area (TPSA) is 102 Å². The standard InChI is InChI=1S/C24H21Cl2NO6S/c25-15-7-9-16(10-8-15)33-23-12-11-17(13-20(23)26)34(30,31)27-21-5-1-4-19-18(21)3-2-6-22(19)32-14-24(28)29/h2-3,6-13,21,27H,1,4-5,14H2,(H,28,29). The van der Waals surface area contributed by atoms with Crippen molar-refractivity contribution in [3.63, 3.8) is 0 Å². The number of carboxylic acids is 1. The van der Waals surface area contributed by atoms with Crippen molar-refractivity contribution in [3.8, 4) is 17.2 Å². The number of halogens is 2. The Hall–Kier alpha value is -2.78. The van der Waals surface area contributed by atoms with Crippen LogP contribution < -0.4 is 14.2 Å². The van der Waals surface area contributed by atoms with Crippen LogP contribution in [-0.2, 0) is 21.2 Å². The Bertz CT molecular complexity index is 1310. The molecule has 34 heavy (non-hydrogen) atoms. The monoisotopic (exact) mass is 521 g/mol. The number of hydrogen-bond acceptors (Lipinski definition) is 5. The van der Waals surface area contributed by atoms with Gasteiger partial charge in [-0.25, -0.2) is 17.9 Å². The van der Waals surface area contributed by atoms with Crippen LogP contribution in [0.2, 0.25) is 10.0 Å². The largest absolute Gasteiger partial charge is 0.482 e. The summed E-state index contributed by atoms with van der Waals surface area (Å²) in [6, 6.07) is 15.7. The number of fused-ring (bicyclic) bond motifs is 1. The van der Waals surface area contributed by atoms with Crippen LogP contribution in [0.3, 0.4) is 0 Å². The van der Waals surface area contributed by atoms with Gasteiger partial charge in [0.15, 0.2) is 6.61 Å². The number of nitrogens with one attached hydrogen (secondary N) is 1. The molecule has 0 radical (unpaired) electrons. The second kappa shape index (κ2) is 10.2. The molecule has 0 bridgehead atoms. The molecular weight excluding hydrogens is 501 g/mol. The number of aliphatic carboxylic acids is 1. The minimum Gasteiger partial charge on any atom is -0.482 e. The summed E-state index contributed by atoms with van der Waals surface area (Å²) in [4.78, 5) is 10.9. The normalized spacial score (nSPS) is 15.4. The molecule has 0 aromatic heterocycles. The third-order valence-corrected chi connectivity index (χ3v) is 7.38. The van der Waals surface area contributed by atoms with E-state index in [9.17, 15) is 13.2 Å². The van der Waals surface area contributed by atoms with Gasteiger partial charge in [-0.05, 0) is 78.9 Å². The molecule has 0 saturated heterocycles. The Morgan fingerprint density at radius 1 is 1.06 bits per heavy atom. The van der Waals surface area contributed by atoms with E-state index < -0.39 is 28.6 Å². The lowest BCUT2D eigenvalue weighted by Gasteiger charge is -2.27. The molecule has 0 saturated carbocycles. The summed E-state index contributed by atoms with van der Waals surface area (Å²) >= 11 is 12.2. The van der Waals surface area contributed by atoms with Gasteiger partial charge in [0.2, 0.25) is 10.0 Å². The molecule has 178 valence electrons. The van der Waals surface area contributed by atoms with Crippen molar-refractivity contribution in [2.24, 2.45) is 0 Å². The second-order valence-corrected chi connectivity index (χ2v) is 10.3. The predicted molar refractivity (Wildman–Crippen MR) is 129 cm³/mol. The first-order chi connectivity index (χ1) is 16.2. The van der Waals surface area contributed by atoms with Gasteiger partial charge in [0.05, 0.1) is 9.92 Å². The van der Waals surface area contributed by atoms with Crippen molar-refractivity contribution in [2.75, 3.05) is 6.61 Å². The quantitative estimate of drug-likeness (QED) is 0.399. The van der Waals surface area contributed by atoms with Crippen molar-refractivity contribution < 1.29 is 27.8 Å². The van der Waals surface area contributed by atoms with Crippen LogP contribution in [0.5, 0.6) is 17.2 Å². The van der Waals surface area contributed by atoms with Crippen molar-refractivity contribution in [1.82, 2.24) is 4.72 Å². The molecular formula is C24H21Cl2NO6S. The van der Waals surface area contributed by atoms with Crippen molar-refractivity contribution in [3.05, 3.63) is 81.8 Å². The first kappa shape index (κ1) is 24.3. The maximum absolute atomic E-state index is 13.1. The van der Waals surface area contributed by atoms with Gasteiger partial charge < -0.3 is 14.6 Å². The van der Waals surface area contributed by atoms with Crippen molar-refractivity contribution in [1.29, 1.82) is 0 Å². The Balaban J connectivity index is 1.54. The first-order valence-corrected chi connectivity index (χ1v) is 12.7. The molecule has 1 aliphatic carbocycles. The predicted octanol–water partition coefficient (Wildman–Crippen LogP) is 5.61. The summed E-state index contributed by atoms with van der Waals surface area (Å²) in [5, 5.41) is 9.61. The minimum atomic E-state index is -3.90. The van der Waals surface area contributed by atoms with Gasteiger partial charge in [-0.15, -0.1) is 0 Å². The Morgan fingerprint density at radius 3 is 2.53 bits per heavy atom. The van der Waals surface area contributed by atoms with Crippen LogP contribution in [0, 0.1) is 0 Å². The summed E-state index contributed by atoms with van der Waals surface area (Å²) in [5.41, 5.74) is 1.58. The van der Waals surface area contributed by atoms with E-state index in [4.69, 9.17) is 37.8 Å². The fourth-order valence-corrected chi connectivity index (χ4v) is 5.51. The molecule has 10 heteroatoms. The Labute approximate surface area is 207 Å². The molecule has 0 amide bonds. The number of carboxylic acid groups (broad SMARTS) is 1. The third-order valence-electron chi connectivity index (χ3n) is 5.37. The number of rotatable bonds is 8. The number of hydrogen-bond donors (Lipinski definition) is 2. The fraction of sp³-hybridized carbons (Fsp3) is 0.208. The lowest BCUT2D eigenvalue weighted by molar-refractivity contribution is -0.139. The molecule has 3 aromatic carbocycles. The van der Waals surface area contributed by atoms with Gasteiger partial charge in [0, 0.05) is 11.1 Å². The van der Waals surface area contributed by atoms with E-state index in [1.165, 1.54) is 18.2 Å². The van der Waals surface area contributed by atoms with Crippen LogP contribution in [0.15, 0.2) is 65.6 Å². The zero-order valence-electron chi connectivity index (χ0n) is 17.8. The number of sulfonamides is 1. The zero-order chi connectivity index (χ0) is 24.3. The van der Waals surface area contributed by atoms with E-state index in [1.54, 1.807) is 36.4 Å². The lowest BCUT2D eigenvalue weighted by atomic mass is 9.87. The van der Waals surface area contributed by atoms with Crippen LogP contribution in [0.1, 0.15) is 30.0 Å². The Kier molecular flexibility index (Phi) is 7.33. The number of ether oxygens (including phenoxy) is 2. The SMILES string of the molecule is O=C(O)COc1cccc2c1CCCC2NS(=O)(=O)c1ccc(Oc2ccc(Cl)cc2)c(Cl)c1. The third kappa shape index (κ3) is 5.64. The van der Waals surface area contributed by atoms with Crippen LogP contribution >= 0.6 is 23.2 Å². The maximum atomic E-state index is 13.1. The van der Waals surface area contributed by atoms with E-state index in [1.807, 2.05) is 6.07 Å². The summed E-state index contributed by atoms with van der Waals surface area (Å²) < 4.78 is 40.1. The van der Waals surface area contributed by atoms with Gasteiger partial charge in [-0.1, -0.05) is 35.3 Å². The van der Waals surface area contributed by atoms with Crippen molar-refractivity contribution in [2.45, 2.75) is 30.2 Å². The van der Waals surface area contributed by atoms with E-state index >= 15 is 0 Å². The second-order valence-electron chi connectivity index (χ2n) is 7.72. The highest BCUT2D eigenvalue weighted by molar-refractivity contribution is 7.89. The maximum Gasteiger partial charge on any atom is 0.341 e. The Morgan fingerprint density at radius 2 is 1.82 bits per heavy atom. The van der Waals surface area contributed by atoms with Gasteiger partial charge in [0.25, 0.3) is 0 Å². The molecule has 1 unspecified atom stereocenters. The average molecular weight is 522 g/mol. The van der Waals surface area contributed by atoms with E-state index in [-0.39, 0.29) is 9.92 Å². The molecule has 0 spiro atoms. The minimum absolute atomic E-state index is 0.00589. The van der Waals surface area contributed by atoms with Gasteiger partial charge in [-0.2, -0.15) is 0 Å². The van der Waals surface area contributed by atoms with Gasteiger partial charge in [0.1, 0.15) is 17.2 Å². The van der Waals surface area contributed by atoms with E-state index in [0.717, 1.165) is 17.5 Å². The molecule has 0 aliphatic heterocycles. The highest BCUT2D eigenvalue weighted by atomic mass is 35.5. The van der Waals surface area contributed by atoms with Crippen molar-refractivity contribution >= 4 is 39.2 Å². The van der Waals surface area contributed by atoms with Crippen LogP contribution in [-0.4, -0.2) is 26.1 Å². The molecule has 0 fully saturated rings. The molecule has 2 N–H and O–H groups in total. The van der Waals surface area contributed by atoms with Gasteiger partial charge in [-0.3, -0.25) is 0 Å². The zero-order valence-corrected chi connectivity index (χ0v) is 20.2. The molecule has 1 atom stereocenters. The summed E-state index contributed by atoms with van der Waals surface area (Å²) in [6.07, 6.45) is 1.99. The molecule has 0 heterocycles. The van der Waals surface area contributed by atoms with Crippen LogP contribution in [0.25, 0.3) is 0 Å². The molecule has 1 aliphatic rings. The molecule has 7 nitrogen and oxygen atoms in total. The number of carbonyl (C=O) groups is 1. The highest BCUT2D eigenvalue weighted by Gasteiger charge is 2.28. The lowest BCUT2D eigenvalue weighted by Crippen LogP contribution is -2.31. The van der Waals surface area contributed by atoms with Crippen LogP contribution in [0.4, 0.5) is 0 Å². The van der Waals surface area contributed by atoms with E-state index in [2.05, 4.69) is 4.72 Å². The highest BCUT2D eigenvalue weighted by Crippen LogP contribution is 2.37. The molecule has 3 aromatic rings. The summed E-state index contributed by atoms with van der Waals surface area (Å²) in [7, 11) is -3.90. The summed E-state index contributed by atoms with van der Waals surface area (Å²) in [5.74, 6) is 0.201. The summed E-state index contributed by atoms with van der Waals surface area (Å²) in [6.45, 7) is -0.463. The number of benzene rings is 3. The first-order valence-electron chi connectivity index (χ1n) is 10.4.